The molecule has 41 heavy (non-hydrogen) atoms. The highest BCUT2D eigenvalue weighted by molar-refractivity contribution is 9.10. The summed E-state index contributed by atoms with van der Waals surface area (Å²) >= 11 is 3.43. The predicted molar refractivity (Wildman–Crippen MR) is 146 cm³/mol. The number of aliphatic hydroxyl groups is 1. The number of alkyl halides is 3. The van der Waals surface area contributed by atoms with Gasteiger partial charge in [0.2, 0.25) is 0 Å². The number of benzene rings is 3. The van der Waals surface area contributed by atoms with Crippen LogP contribution in [0.1, 0.15) is 45.6 Å². The zero-order valence-corrected chi connectivity index (χ0v) is 23.1. The molecular weight excluding hydrogens is 608 g/mol. The van der Waals surface area contributed by atoms with Gasteiger partial charge >= 0.3 is 6.18 Å². The number of rotatable bonds is 6. The summed E-state index contributed by atoms with van der Waals surface area (Å²) in [6.45, 7) is 1.37. The molecule has 2 heterocycles. The average Bonchev–Trinajstić information content (AvgIpc) is 3.33. The van der Waals surface area contributed by atoms with Gasteiger partial charge < -0.3 is 10.4 Å². The maximum absolute atomic E-state index is 14.1. The van der Waals surface area contributed by atoms with Crippen LogP contribution in [-0.4, -0.2) is 39.3 Å². The third-order valence-electron chi connectivity index (χ3n) is 6.89. The Kier molecular flexibility index (Phi) is 7.71. The Hall–Kier alpha value is -4.03. The van der Waals surface area contributed by atoms with Gasteiger partial charge in [-0.25, -0.2) is 9.07 Å². The maximum Gasteiger partial charge on any atom is 0.416 e. The number of nitrogens with one attached hydrogen (secondary N) is 1. The number of amides is 2. The molecule has 2 amide bonds. The van der Waals surface area contributed by atoms with Gasteiger partial charge in [-0.1, -0.05) is 40.2 Å². The summed E-state index contributed by atoms with van der Waals surface area (Å²) in [5.41, 5.74) is 0.381. The van der Waals surface area contributed by atoms with Crippen LogP contribution in [0.25, 0.3) is 5.69 Å². The van der Waals surface area contributed by atoms with E-state index >= 15 is 0 Å². The van der Waals surface area contributed by atoms with E-state index in [0.717, 1.165) is 16.6 Å². The lowest BCUT2D eigenvalue weighted by Gasteiger charge is -2.38. The van der Waals surface area contributed by atoms with E-state index in [1.165, 1.54) is 39.9 Å². The quantitative estimate of drug-likeness (QED) is 0.272. The molecular formula is C29H23BrF4N4O3. The van der Waals surface area contributed by atoms with E-state index in [9.17, 15) is 32.3 Å². The topological polar surface area (TPSA) is 87.5 Å². The number of aromatic nitrogens is 2. The molecule has 1 aliphatic rings. The number of halogens is 5. The van der Waals surface area contributed by atoms with E-state index in [1.807, 2.05) is 6.07 Å². The van der Waals surface area contributed by atoms with Crippen LogP contribution in [0.5, 0.6) is 0 Å². The number of nitrogens with zero attached hydrogens (tertiary/aromatic N) is 3. The first-order chi connectivity index (χ1) is 19.5. The van der Waals surface area contributed by atoms with E-state index < -0.39 is 47.9 Å². The molecule has 0 spiro atoms. The van der Waals surface area contributed by atoms with Gasteiger partial charge in [0.25, 0.3) is 11.8 Å². The Bertz CT molecular complexity index is 1620. The third kappa shape index (κ3) is 5.36. The summed E-state index contributed by atoms with van der Waals surface area (Å²) in [7, 11) is 0. The lowest BCUT2D eigenvalue weighted by molar-refractivity contribution is -0.137. The molecule has 2 unspecified atom stereocenters. The molecule has 2 atom stereocenters. The molecule has 7 nitrogen and oxygen atoms in total. The van der Waals surface area contributed by atoms with Gasteiger partial charge in [-0.15, -0.1) is 0 Å². The number of anilines is 1. The summed E-state index contributed by atoms with van der Waals surface area (Å²) in [4.78, 5) is 28.8. The van der Waals surface area contributed by atoms with E-state index in [-0.39, 0.29) is 17.8 Å². The fraction of sp³-hybridized carbons (Fsp3) is 0.207. The first-order valence-corrected chi connectivity index (χ1v) is 13.4. The van der Waals surface area contributed by atoms with Crippen LogP contribution >= 0.6 is 15.9 Å². The van der Waals surface area contributed by atoms with Crippen molar-refractivity contribution < 1.29 is 32.3 Å². The Morgan fingerprint density at radius 2 is 1.78 bits per heavy atom. The first-order valence-electron chi connectivity index (χ1n) is 12.6. The number of carbonyl (C=O) groups is 2. The van der Waals surface area contributed by atoms with Crippen molar-refractivity contribution in [3.8, 4) is 5.69 Å². The fourth-order valence-corrected chi connectivity index (χ4v) is 5.46. The van der Waals surface area contributed by atoms with Gasteiger partial charge in [0.1, 0.15) is 17.7 Å². The summed E-state index contributed by atoms with van der Waals surface area (Å²) in [5, 5.41) is 17.6. The average molecular weight is 631 g/mol. The molecule has 3 aromatic carbocycles. The second-order valence-corrected chi connectivity index (χ2v) is 10.3. The van der Waals surface area contributed by atoms with Crippen LogP contribution in [0.3, 0.4) is 0 Å². The summed E-state index contributed by atoms with van der Waals surface area (Å²) in [5.74, 6) is -2.55. The third-order valence-corrected chi connectivity index (χ3v) is 7.39. The molecule has 0 bridgehead atoms. The number of likely N-dealkylation sites (N-methyl/N-ethyl adjacent to an activating group) is 1. The Morgan fingerprint density at radius 1 is 1.07 bits per heavy atom. The number of aliphatic hydroxyl groups excluding tert-OH is 1. The number of fused-ring (bicyclic) bond motifs is 1. The van der Waals surface area contributed by atoms with E-state index in [2.05, 4.69) is 26.3 Å². The van der Waals surface area contributed by atoms with Crippen LogP contribution in [0.15, 0.2) is 77.3 Å². The van der Waals surface area contributed by atoms with Gasteiger partial charge in [0.15, 0.2) is 0 Å². The van der Waals surface area contributed by atoms with Crippen molar-refractivity contribution in [2.24, 2.45) is 0 Å². The first kappa shape index (κ1) is 28.5. The highest BCUT2D eigenvalue weighted by Crippen LogP contribution is 2.44. The van der Waals surface area contributed by atoms with Crippen LogP contribution in [-0.2, 0) is 17.6 Å². The molecule has 4 aromatic rings. The van der Waals surface area contributed by atoms with Crippen molar-refractivity contribution >= 4 is 33.6 Å². The fourth-order valence-electron chi connectivity index (χ4n) is 5.07. The molecule has 1 aromatic heterocycles. The molecule has 0 saturated carbocycles. The van der Waals surface area contributed by atoms with Crippen LogP contribution in [0.2, 0.25) is 0 Å². The second-order valence-electron chi connectivity index (χ2n) is 9.38. The summed E-state index contributed by atoms with van der Waals surface area (Å²) in [6.07, 6.45) is -4.67. The number of carbonyl (C=O) groups excluding carboxylic acids is 2. The molecule has 212 valence electrons. The zero-order valence-electron chi connectivity index (χ0n) is 21.5. The molecule has 12 heteroatoms. The van der Waals surface area contributed by atoms with E-state index in [0.29, 0.717) is 28.7 Å². The molecule has 2 N–H and O–H groups in total. The van der Waals surface area contributed by atoms with Crippen molar-refractivity contribution in [3.05, 3.63) is 111 Å². The Balaban J connectivity index is 1.68. The van der Waals surface area contributed by atoms with Gasteiger partial charge in [0.05, 0.1) is 23.6 Å². The van der Waals surface area contributed by atoms with E-state index in [4.69, 9.17) is 0 Å². The smallest absolute Gasteiger partial charge is 0.390 e. The van der Waals surface area contributed by atoms with Crippen LogP contribution in [0, 0.1) is 5.82 Å². The number of hydrogen-bond donors (Lipinski definition) is 2. The second kappa shape index (κ2) is 11.1. The molecule has 0 saturated heterocycles. The van der Waals surface area contributed by atoms with Crippen LogP contribution in [0.4, 0.5) is 23.4 Å². The van der Waals surface area contributed by atoms with Gasteiger partial charge in [-0.05, 0) is 61.0 Å². The predicted octanol–water partition coefficient (Wildman–Crippen LogP) is 5.58. The Labute approximate surface area is 240 Å². The van der Waals surface area contributed by atoms with Crippen molar-refractivity contribution in [3.63, 3.8) is 0 Å². The lowest BCUT2D eigenvalue weighted by atomic mass is 9.81. The molecule has 0 aliphatic carbocycles. The standard InChI is InChI=1S/C29H23BrF4N4O3/c1-2-37-27-24(22(15-39)36-38(27)21-8-4-7-19(30)14-21)23(16-9-11-20(31)12-10-16)25(28(37)41)35-26(40)17-5-3-6-18(13-17)29(32,33)34/h3-14,23,25,39H,2,15H2,1H3,(H,35,40). The van der Waals surface area contributed by atoms with Gasteiger partial charge in [0, 0.05) is 28.1 Å². The molecule has 0 radical (unpaired) electrons. The zero-order chi connectivity index (χ0) is 29.5. The molecule has 5 rings (SSSR count). The highest BCUT2D eigenvalue weighted by atomic mass is 79.9. The molecule has 0 fully saturated rings. The van der Waals surface area contributed by atoms with Gasteiger partial charge in [-0.3, -0.25) is 14.5 Å². The number of hydrogen-bond acceptors (Lipinski definition) is 4. The van der Waals surface area contributed by atoms with Crippen molar-refractivity contribution in [1.82, 2.24) is 15.1 Å². The minimum Gasteiger partial charge on any atom is -0.390 e. The maximum atomic E-state index is 14.1. The van der Waals surface area contributed by atoms with Crippen molar-refractivity contribution in [1.29, 1.82) is 0 Å². The van der Waals surface area contributed by atoms with E-state index in [1.54, 1.807) is 25.1 Å². The van der Waals surface area contributed by atoms with Crippen molar-refractivity contribution in [2.45, 2.75) is 31.7 Å². The normalized spacial score (nSPS) is 17.0. The summed E-state index contributed by atoms with van der Waals surface area (Å²) < 4.78 is 56.2. The monoisotopic (exact) mass is 630 g/mol. The highest BCUT2D eigenvalue weighted by Gasteiger charge is 2.46. The minimum absolute atomic E-state index is 0.155. The van der Waals surface area contributed by atoms with Crippen LogP contribution < -0.4 is 10.2 Å². The van der Waals surface area contributed by atoms with Gasteiger partial charge in [-0.2, -0.15) is 18.3 Å². The lowest BCUT2D eigenvalue weighted by Crippen LogP contribution is -2.55. The molecule has 1 aliphatic heterocycles. The SMILES string of the molecule is CCN1C(=O)C(NC(=O)c2cccc(C(F)(F)F)c2)C(c2ccc(F)cc2)c2c(CO)nn(-c3cccc(Br)c3)c21. The Morgan fingerprint density at radius 3 is 2.41 bits per heavy atom. The van der Waals surface area contributed by atoms with Crippen molar-refractivity contribution in [2.75, 3.05) is 11.4 Å². The summed E-state index contributed by atoms with van der Waals surface area (Å²) in [6, 6.07) is 15.1. The minimum atomic E-state index is -4.67. The largest absolute Gasteiger partial charge is 0.416 e.